The standard InChI is InChI=1S/C37H39N5O8/c1-19-20(2)32(45)37(4)30(21-9-8-10-22(43)15-21)23-11-14-41-34(47)40(35(48)42(41)27(23)18-36(37,3)31(19)44)13-12-24-33(46)39(5)26-17-29(50-7)28(49-6)16-25(26)38-24/h8-11,15-17,27,30,43H,12-14,18H2,1-7H3/t27-,30+,36+,37-/m1/s1. The normalized spacial score (nSPS) is 24.5. The molecule has 1 aliphatic heterocycles. The predicted octanol–water partition coefficient (Wildman–Crippen LogP) is 3.19. The van der Waals surface area contributed by atoms with Gasteiger partial charge in [-0.05, 0) is 54.7 Å². The minimum Gasteiger partial charge on any atom is -0.508 e. The number of allylic oxidation sites excluding steroid dienone is 4. The number of aromatic hydroxyl groups is 1. The number of aryl methyl sites for hydroxylation is 2. The number of benzene rings is 2. The number of fused-ring (bicyclic) bond motifs is 5. The summed E-state index contributed by atoms with van der Waals surface area (Å²) in [6, 6.07) is 9.24. The van der Waals surface area contributed by atoms with E-state index in [1.54, 1.807) is 52.1 Å². The van der Waals surface area contributed by atoms with Crippen LogP contribution in [0.2, 0.25) is 0 Å². The maximum Gasteiger partial charge on any atom is 0.347 e. The molecule has 0 radical (unpaired) electrons. The van der Waals surface area contributed by atoms with E-state index in [2.05, 4.69) is 4.98 Å². The molecule has 4 aromatic rings. The van der Waals surface area contributed by atoms with Crippen LogP contribution >= 0.6 is 0 Å². The van der Waals surface area contributed by atoms with Crippen molar-refractivity contribution in [2.24, 2.45) is 17.9 Å². The molecule has 0 bridgehead atoms. The fraction of sp³-hybridized carbons (Fsp3) is 0.405. The molecule has 13 nitrogen and oxygen atoms in total. The molecule has 2 aromatic carbocycles. The second-order valence-corrected chi connectivity index (χ2v) is 13.9. The molecule has 0 amide bonds. The number of ketones is 2. The van der Waals surface area contributed by atoms with Crippen molar-refractivity contribution in [2.75, 3.05) is 14.2 Å². The van der Waals surface area contributed by atoms with Crippen LogP contribution in [-0.2, 0) is 36.1 Å². The van der Waals surface area contributed by atoms with E-state index in [4.69, 9.17) is 9.47 Å². The maximum atomic E-state index is 14.3. The minimum absolute atomic E-state index is 0.000964. The second kappa shape index (κ2) is 11.3. The number of aromatic nitrogens is 5. The first kappa shape index (κ1) is 33.1. The highest BCUT2D eigenvalue weighted by atomic mass is 16.5. The molecule has 0 spiro atoms. The number of rotatable bonds is 6. The van der Waals surface area contributed by atoms with Crippen molar-refractivity contribution in [3.8, 4) is 17.2 Å². The van der Waals surface area contributed by atoms with Gasteiger partial charge >= 0.3 is 11.4 Å². The van der Waals surface area contributed by atoms with E-state index >= 15 is 0 Å². The predicted molar refractivity (Wildman–Crippen MR) is 184 cm³/mol. The number of ether oxygens (including phenoxy) is 2. The van der Waals surface area contributed by atoms with Crippen LogP contribution in [0.15, 0.2) is 73.6 Å². The lowest BCUT2D eigenvalue weighted by Gasteiger charge is -2.58. The number of phenolic OH excluding ortho intramolecular Hbond substituents is 1. The lowest BCUT2D eigenvalue weighted by Crippen LogP contribution is -2.61. The van der Waals surface area contributed by atoms with Crippen molar-refractivity contribution in [3.63, 3.8) is 0 Å². The molecule has 1 fully saturated rings. The Morgan fingerprint density at radius 3 is 2.30 bits per heavy atom. The number of Topliss-reactive ketones (excluding diaryl/α,β-unsaturated/α-hetero) is 2. The third-order valence-electron chi connectivity index (χ3n) is 11.6. The van der Waals surface area contributed by atoms with E-state index in [0.29, 0.717) is 39.2 Å². The molecular formula is C37H39N5O8. The van der Waals surface area contributed by atoms with Gasteiger partial charge in [0.1, 0.15) is 11.4 Å². The lowest BCUT2D eigenvalue weighted by molar-refractivity contribution is -0.151. The molecule has 7 rings (SSSR count). The van der Waals surface area contributed by atoms with Gasteiger partial charge in [0, 0.05) is 43.5 Å². The summed E-state index contributed by atoms with van der Waals surface area (Å²) in [6.45, 7) is 6.87. The second-order valence-electron chi connectivity index (χ2n) is 13.9. The average molecular weight is 682 g/mol. The van der Waals surface area contributed by atoms with Crippen molar-refractivity contribution < 1.29 is 24.2 Å². The first-order chi connectivity index (χ1) is 23.7. The zero-order chi connectivity index (χ0) is 36.0. The van der Waals surface area contributed by atoms with Gasteiger partial charge in [-0.1, -0.05) is 32.1 Å². The summed E-state index contributed by atoms with van der Waals surface area (Å²) in [5.41, 5.74) is -0.649. The first-order valence-corrected chi connectivity index (χ1v) is 16.5. The molecule has 50 heavy (non-hydrogen) atoms. The number of hydrogen-bond donors (Lipinski definition) is 1. The van der Waals surface area contributed by atoms with Gasteiger partial charge in [0.15, 0.2) is 23.1 Å². The van der Waals surface area contributed by atoms with Crippen LogP contribution in [0.25, 0.3) is 11.0 Å². The highest BCUT2D eigenvalue weighted by Gasteiger charge is 2.66. The van der Waals surface area contributed by atoms with Gasteiger partial charge < -0.3 is 19.1 Å². The number of methoxy groups -OCH3 is 2. The van der Waals surface area contributed by atoms with Crippen LogP contribution in [0.1, 0.15) is 57.3 Å². The van der Waals surface area contributed by atoms with Crippen LogP contribution in [0.5, 0.6) is 17.2 Å². The van der Waals surface area contributed by atoms with Crippen molar-refractivity contribution in [3.05, 3.63) is 102 Å². The monoisotopic (exact) mass is 681 g/mol. The Balaban J connectivity index is 1.33. The molecule has 0 saturated heterocycles. The third-order valence-corrected chi connectivity index (χ3v) is 11.6. The number of phenols is 1. The van der Waals surface area contributed by atoms with E-state index in [0.717, 1.165) is 10.1 Å². The summed E-state index contributed by atoms with van der Waals surface area (Å²) in [4.78, 5) is 74.6. The summed E-state index contributed by atoms with van der Waals surface area (Å²) >= 11 is 0. The average Bonchev–Trinajstić information content (AvgIpc) is 3.35. The molecule has 2 aliphatic carbocycles. The Kier molecular flexibility index (Phi) is 7.46. The third kappa shape index (κ3) is 4.31. The van der Waals surface area contributed by atoms with Crippen LogP contribution in [0.4, 0.5) is 0 Å². The smallest absolute Gasteiger partial charge is 0.347 e. The molecular weight excluding hydrogens is 642 g/mol. The van der Waals surface area contributed by atoms with Crippen LogP contribution in [0.3, 0.4) is 0 Å². The number of hydrogen-bond acceptors (Lipinski definition) is 9. The SMILES string of the molecule is COc1cc2nc(CCn3c(=O)n4n(c3=O)[C@@H]3C[C@@]5(C)C(=O)C(C)=C(C)C(=O)[C@@]5(C)[C@@H](c5cccc(O)c5)C3=CC4)c(=O)n(C)c2cc1OC. The quantitative estimate of drug-likeness (QED) is 0.302. The summed E-state index contributed by atoms with van der Waals surface area (Å²) in [5.74, 6) is -0.109. The maximum absolute atomic E-state index is 14.3. The van der Waals surface area contributed by atoms with Crippen molar-refractivity contribution in [2.45, 2.75) is 65.6 Å². The molecule has 260 valence electrons. The highest BCUT2D eigenvalue weighted by Crippen LogP contribution is 2.66. The summed E-state index contributed by atoms with van der Waals surface area (Å²) < 4.78 is 16.1. The lowest BCUT2D eigenvalue weighted by atomic mass is 9.43. The number of carbonyl (C=O) groups is 2. The summed E-state index contributed by atoms with van der Waals surface area (Å²) in [5, 5.41) is 10.5. The van der Waals surface area contributed by atoms with Crippen LogP contribution in [-0.4, -0.2) is 54.4 Å². The van der Waals surface area contributed by atoms with Gasteiger partial charge in [-0.25, -0.2) is 28.5 Å². The Labute approximate surface area is 286 Å². The van der Waals surface area contributed by atoms with Gasteiger partial charge in [-0.15, -0.1) is 0 Å². The number of nitrogens with zero attached hydrogens (tertiary/aromatic N) is 5. The molecule has 1 N–H and O–H groups in total. The van der Waals surface area contributed by atoms with Gasteiger partial charge in [0.05, 0.1) is 43.3 Å². The van der Waals surface area contributed by atoms with Gasteiger partial charge in [0.2, 0.25) is 0 Å². The molecule has 4 atom stereocenters. The van der Waals surface area contributed by atoms with Crippen molar-refractivity contribution in [1.82, 2.24) is 23.5 Å². The zero-order valence-electron chi connectivity index (χ0n) is 29.1. The highest BCUT2D eigenvalue weighted by molar-refractivity contribution is 6.17. The topological polar surface area (TPSA) is 157 Å². The van der Waals surface area contributed by atoms with E-state index in [9.17, 15) is 29.1 Å². The fourth-order valence-corrected chi connectivity index (χ4v) is 8.61. The summed E-state index contributed by atoms with van der Waals surface area (Å²) in [6.07, 6.45) is 1.98. The largest absolute Gasteiger partial charge is 0.508 e. The molecule has 3 heterocycles. The zero-order valence-corrected chi connectivity index (χ0v) is 29.1. The fourth-order valence-electron chi connectivity index (χ4n) is 8.61. The Morgan fingerprint density at radius 1 is 0.940 bits per heavy atom. The first-order valence-electron chi connectivity index (χ1n) is 16.5. The molecule has 13 heteroatoms. The van der Waals surface area contributed by atoms with E-state index in [1.807, 2.05) is 19.1 Å². The van der Waals surface area contributed by atoms with E-state index in [-0.39, 0.29) is 54.5 Å². The van der Waals surface area contributed by atoms with Crippen LogP contribution < -0.4 is 26.4 Å². The van der Waals surface area contributed by atoms with E-state index < -0.39 is 34.2 Å². The van der Waals surface area contributed by atoms with Crippen molar-refractivity contribution in [1.29, 1.82) is 0 Å². The number of carbonyl (C=O) groups excluding carboxylic acids is 2. The Morgan fingerprint density at radius 2 is 1.62 bits per heavy atom. The van der Waals surface area contributed by atoms with Gasteiger partial charge in [-0.3, -0.25) is 14.4 Å². The molecule has 2 aromatic heterocycles. The molecule has 0 unspecified atom stereocenters. The van der Waals surface area contributed by atoms with Crippen molar-refractivity contribution >= 4 is 22.6 Å². The van der Waals surface area contributed by atoms with Gasteiger partial charge in [-0.2, -0.15) is 0 Å². The minimum atomic E-state index is -1.24. The Bertz CT molecular complexity index is 2410. The van der Waals surface area contributed by atoms with Gasteiger partial charge in [0.25, 0.3) is 5.56 Å². The Hall–Kier alpha value is -5.46. The van der Waals surface area contributed by atoms with E-state index in [1.165, 1.54) is 34.2 Å². The molecule has 3 aliphatic rings. The molecule has 1 saturated carbocycles. The van der Waals surface area contributed by atoms with Crippen LogP contribution in [0, 0.1) is 10.8 Å². The summed E-state index contributed by atoms with van der Waals surface area (Å²) in [7, 11) is 4.62.